The predicted molar refractivity (Wildman–Crippen MR) is 60.1 cm³/mol. The lowest BCUT2D eigenvalue weighted by Crippen LogP contribution is -1.85. The Kier molecular flexibility index (Phi) is 2.04. The van der Waals surface area contributed by atoms with Crippen molar-refractivity contribution in [3.05, 3.63) is 35.6 Å². The van der Waals surface area contributed by atoms with Gasteiger partial charge in [0.2, 0.25) is 0 Å². The summed E-state index contributed by atoms with van der Waals surface area (Å²) in [5.41, 5.74) is 8.62. The fraction of sp³-hybridized carbons (Fsp3) is 0.167. The molecule has 14 heavy (non-hydrogen) atoms. The van der Waals surface area contributed by atoms with Crippen LogP contribution in [0, 0.1) is 6.92 Å². The van der Waals surface area contributed by atoms with Crippen molar-refractivity contribution in [1.29, 1.82) is 0 Å². The van der Waals surface area contributed by atoms with E-state index in [0.29, 0.717) is 0 Å². The first-order valence-corrected chi connectivity index (χ1v) is 4.64. The normalized spacial score (nSPS) is 11.6. The largest absolute Gasteiger partial charge is 0.461 e. The number of hydrogen-bond acceptors (Lipinski definition) is 2. The Bertz CT molecular complexity index is 494. The van der Waals surface area contributed by atoms with Crippen molar-refractivity contribution >= 4 is 22.7 Å². The third-order valence-corrected chi connectivity index (χ3v) is 2.30. The summed E-state index contributed by atoms with van der Waals surface area (Å²) in [5.74, 6) is 0.913. The summed E-state index contributed by atoms with van der Waals surface area (Å²) >= 11 is 0. The summed E-state index contributed by atoms with van der Waals surface area (Å²) in [6, 6.07) is 5.73. The van der Waals surface area contributed by atoms with Crippen LogP contribution in [-0.2, 0) is 0 Å². The van der Waals surface area contributed by atoms with Crippen molar-refractivity contribution in [3.63, 3.8) is 0 Å². The van der Waals surface area contributed by atoms with Gasteiger partial charge in [-0.05, 0) is 26.0 Å². The second-order valence-electron chi connectivity index (χ2n) is 3.29. The van der Waals surface area contributed by atoms with E-state index in [1.807, 2.05) is 44.2 Å². The number of furan rings is 1. The van der Waals surface area contributed by atoms with Crippen molar-refractivity contribution < 1.29 is 4.42 Å². The fourth-order valence-corrected chi connectivity index (χ4v) is 1.68. The van der Waals surface area contributed by atoms with Gasteiger partial charge in [-0.1, -0.05) is 18.2 Å². The number of hydrogen-bond donors (Lipinski definition) is 1. The van der Waals surface area contributed by atoms with Crippen molar-refractivity contribution in [1.82, 2.24) is 0 Å². The number of nitrogens with two attached hydrogens (primary N) is 1. The van der Waals surface area contributed by atoms with Crippen LogP contribution in [0.2, 0.25) is 0 Å². The quantitative estimate of drug-likeness (QED) is 0.695. The fourth-order valence-electron chi connectivity index (χ4n) is 1.68. The van der Waals surface area contributed by atoms with Gasteiger partial charge in [-0.15, -0.1) is 0 Å². The van der Waals surface area contributed by atoms with Crippen LogP contribution in [0.1, 0.15) is 18.2 Å². The average Bonchev–Trinajstić information content (AvgIpc) is 2.45. The molecule has 2 nitrogen and oxygen atoms in total. The number of anilines is 1. The van der Waals surface area contributed by atoms with E-state index in [0.717, 1.165) is 28.0 Å². The van der Waals surface area contributed by atoms with Gasteiger partial charge in [-0.3, -0.25) is 0 Å². The summed E-state index contributed by atoms with van der Waals surface area (Å²) in [5, 5.41) is 1.02. The molecule has 1 aromatic carbocycles. The van der Waals surface area contributed by atoms with Gasteiger partial charge in [-0.2, -0.15) is 0 Å². The summed E-state index contributed by atoms with van der Waals surface area (Å²) in [6.07, 6.45) is 4.02. The van der Waals surface area contributed by atoms with Crippen LogP contribution in [0.15, 0.2) is 28.7 Å². The lowest BCUT2D eigenvalue weighted by atomic mass is 10.1. The molecule has 0 saturated heterocycles. The van der Waals surface area contributed by atoms with Gasteiger partial charge in [0.25, 0.3) is 0 Å². The van der Waals surface area contributed by atoms with Gasteiger partial charge in [0.15, 0.2) is 0 Å². The summed E-state index contributed by atoms with van der Waals surface area (Å²) in [4.78, 5) is 0. The van der Waals surface area contributed by atoms with E-state index in [1.54, 1.807) is 0 Å². The average molecular weight is 187 g/mol. The first kappa shape index (κ1) is 8.88. The molecule has 0 fully saturated rings. The molecule has 2 rings (SSSR count). The number of allylic oxidation sites excluding steroid dienone is 1. The third kappa shape index (κ3) is 1.20. The Morgan fingerprint density at radius 1 is 1.36 bits per heavy atom. The van der Waals surface area contributed by atoms with Crippen molar-refractivity contribution in [2.24, 2.45) is 0 Å². The first-order valence-electron chi connectivity index (χ1n) is 4.64. The van der Waals surface area contributed by atoms with Crippen molar-refractivity contribution in [3.8, 4) is 0 Å². The Labute approximate surface area is 83.0 Å². The SMILES string of the molecule is C/C=C\c1c(C)oc2cccc(N)c12. The zero-order valence-corrected chi connectivity index (χ0v) is 8.37. The first-order chi connectivity index (χ1) is 6.74. The highest BCUT2D eigenvalue weighted by molar-refractivity contribution is 5.97. The van der Waals surface area contributed by atoms with Crippen LogP contribution in [-0.4, -0.2) is 0 Å². The molecule has 0 radical (unpaired) electrons. The Hall–Kier alpha value is -1.70. The number of benzene rings is 1. The maximum absolute atomic E-state index is 5.91. The summed E-state index contributed by atoms with van der Waals surface area (Å²) in [6.45, 7) is 3.94. The molecule has 0 atom stereocenters. The van der Waals surface area contributed by atoms with E-state index in [9.17, 15) is 0 Å². The molecule has 2 heteroatoms. The monoisotopic (exact) mass is 187 g/mol. The molecule has 0 amide bonds. The number of aryl methyl sites for hydroxylation is 1. The van der Waals surface area contributed by atoms with E-state index in [2.05, 4.69) is 0 Å². The third-order valence-electron chi connectivity index (χ3n) is 2.30. The van der Waals surface area contributed by atoms with Crippen LogP contribution in [0.3, 0.4) is 0 Å². The lowest BCUT2D eigenvalue weighted by molar-refractivity contribution is 0.577. The zero-order valence-electron chi connectivity index (χ0n) is 8.37. The van der Waals surface area contributed by atoms with Crippen LogP contribution < -0.4 is 5.73 Å². The molecular weight excluding hydrogens is 174 g/mol. The maximum Gasteiger partial charge on any atom is 0.136 e. The lowest BCUT2D eigenvalue weighted by Gasteiger charge is -1.95. The molecule has 0 spiro atoms. The second-order valence-corrected chi connectivity index (χ2v) is 3.29. The molecule has 0 aliphatic heterocycles. The van der Waals surface area contributed by atoms with E-state index >= 15 is 0 Å². The molecule has 2 N–H and O–H groups in total. The van der Waals surface area contributed by atoms with Gasteiger partial charge in [0.1, 0.15) is 11.3 Å². The van der Waals surface area contributed by atoms with Crippen molar-refractivity contribution in [2.45, 2.75) is 13.8 Å². The van der Waals surface area contributed by atoms with E-state index < -0.39 is 0 Å². The molecule has 1 heterocycles. The minimum Gasteiger partial charge on any atom is -0.461 e. The minimum atomic E-state index is 0.771. The molecule has 2 aromatic rings. The highest BCUT2D eigenvalue weighted by Gasteiger charge is 2.09. The maximum atomic E-state index is 5.91. The van der Waals surface area contributed by atoms with Crippen LogP contribution in [0.5, 0.6) is 0 Å². The molecule has 0 aliphatic rings. The Morgan fingerprint density at radius 2 is 2.14 bits per heavy atom. The molecule has 72 valence electrons. The predicted octanol–water partition coefficient (Wildman–Crippen LogP) is 3.36. The molecule has 0 unspecified atom stereocenters. The second kappa shape index (κ2) is 3.22. The molecule has 1 aromatic heterocycles. The van der Waals surface area contributed by atoms with E-state index in [1.165, 1.54) is 0 Å². The van der Waals surface area contributed by atoms with Gasteiger partial charge < -0.3 is 10.2 Å². The molecule has 0 aliphatic carbocycles. The van der Waals surface area contributed by atoms with Crippen LogP contribution >= 0.6 is 0 Å². The van der Waals surface area contributed by atoms with Gasteiger partial charge in [-0.25, -0.2) is 0 Å². The minimum absolute atomic E-state index is 0.771. The Morgan fingerprint density at radius 3 is 2.86 bits per heavy atom. The number of nitrogen functional groups attached to an aromatic ring is 1. The van der Waals surface area contributed by atoms with Gasteiger partial charge >= 0.3 is 0 Å². The number of fused-ring (bicyclic) bond motifs is 1. The highest BCUT2D eigenvalue weighted by atomic mass is 16.3. The van der Waals surface area contributed by atoms with Gasteiger partial charge in [0, 0.05) is 11.3 Å². The smallest absolute Gasteiger partial charge is 0.136 e. The Balaban J connectivity index is 2.86. The highest BCUT2D eigenvalue weighted by Crippen LogP contribution is 2.30. The zero-order chi connectivity index (χ0) is 10.1. The topological polar surface area (TPSA) is 39.2 Å². The molecule has 0 saturated carbocycles. The van der Waals surface area contributed by atoms with Crippen molar-refractivity contribution in [2.75, 3.05) is 5.73 Å². The van der Waals surface area contributed by atoms with Crippen LogP contribution in [0.4, 0.5) is 5.69 Å². The van der Waals surface area contributed by atoms with E-state index in [-0.39, 0.29) is 0 Å². The van der Waals surface area contributed by atoms with E-state index in [4.69, 9.17) is 10.2 Å². The molecular formula is C12H13NO. The summed E-state index contributed by atoms with van der Waals surface area (Å²) < 4.78 is 5.60. The standard InChI is InChI=1S/C12H13NO/c1-3-5-9-8(2)14-11-7-4-6-10(13)12(9)11/h3-7H,13H2,1-2H3/b5-3-. The summed E-state index contributed by atoms with van der Waals surface area (Å²) in [7, 11) is 0. The van der Waals surface area contributed by atoms with Gasteiger partial charge in [0.05, 0.1) is 5.39 Å². The molecule has 0 bridgehead atoms. The number of rotatable bonds is 1. The van der Waals surface area contributed by atoms with Crippen LogP contribution in [0.25, 0.3) is 17.0 Å².